The van der Waals surface area contributed by atoms with Crippen molar-refractivity contribution in [3.05, 3.63) is 33.3 Å². The van der Waals surface area contributed by atoms with Gasteiger partial charge in [-0.05, 0) is 41.1 Å². The number of nitrogens with one attached hydrogen (secondary N) is 1. The van der Waals surface area contributed by atoms with Gasteiger partial charge in [-0.25, -0.2) is 0 Å². The topological polar surface area (TPSA) is 32.3 Å². The molecule has 1 aliphatic rings. The highest BCUT2D eigenvalue weighted by Crippen LogP contribution is 2.23. The third kappa shape index (κ3) is 2.81. The summed E-state index contributed by atoms with van der Waals surface area (Å²) in [6, 6.07) is 5.48. The van der Waals surface area contributed by atoms with Gasteiger partial charge in [0, 0.05) is 35.2 Å². The molecule has 0 saturated carbocycles. The Labute approximate surface area is 114 Å². The highest BCUT2D eigenvalue weighted by Gasteiger charge is 2.25. The van der Waals surface area contributed by atoms with Crippen LogP contribution in [0.15, 0.2) is 22.7 Å². The molecule has 1 aliphatic heterocycles. The van der Waals surface area contributed by atoms with Crippen LogP contribution in [0.2, 0.25) is 5.02 Å². The molecule has 5 heteroatoms. The highest BCUT2D eigenvalue weighted by molar-refractivity contribution is 9.10. The average Bonchev–Trinajstić information content (AvgIpc) is 2.29. The van der Waals surface area contributed by atoms with Crippen LogP contribution >= 0.6 is 27.5 Å². The van der Waals surface area contributed by atoms with Crippen LogP contribution in [0.25, 0.3) is 0 Å². The Hall–Kier alpha value is -0.580. The van der Waals surface area contributed by atoms with Gasteiger partial charge in [0.15, 0.2) is 0 Å². The lowest BCUT2D eigenvalue weighted by Crippen LogP contribution is -2.52. The van der Waals surface area contributed by atoms with Crippen LogP contribution in [0.4, 0.5) is 0 Å². The summed E-state index contributed by atoms with van der Waals surface area (Å²) in [6.45, 7) is 4.49. The molecule has 17 heavy (non-hydrogen) atoms. The van der Waals surface area contributed by atoms with E-state index >= 15 is 0 Å². The molecule has 1 aromatic carbocycles. The van der Waals surface area contributed by atoms with E-state index in [1.165, 1.54) is 0 Å². The lowest BCUT2D eigenvalue weighted by atomic mass is 10.1. The predicted molar refractivity (Wildman–Crippen MR) is 72.5 cm³/mol. The second kappa shape index (κ2) is 5.38. The van der Waals surface area contributed by atoms with Gasteiger partial charge >= 0.3 is 0 Å². The van der Waals surface area contributed by atoms with E-state index in [2.05, 4.69) is 21.2 Å². The van der Waals surface area contributed by atoms with E-state index < -0.39 is 0 Å². The summed E-state index contributed by atoms with van der Waals surface area (Å²) in [6.07, 6.45) is 0. The first-order chi connectivity index (χ1) is 8.09. The van der Waals surface area contributed by atoms with E-state index in [0.717, 1.165) is 24.1 Å². The summed E-state index contributed by atoms with van der Waals surface area (Å²) in [4.78, 5) is 14.3. The van der Waals surface area contributed by atoms with E-state index in [4.69, 9.17) is 11.6 Å². The minimum atomic E-state index is 0.0579. The fraction of sp³-hybridized carbons (Fsp3) is 0.417. The molecule has 1 heterocycles. The Morgan fingerprint density at radius 3 is 3.00 bits per heavy atom. The second-order valence-corrected chi connectivity index (χ2v) is 5.47. The van der Waals surface area contributed by atoms with Crippen molar-refractivity contribution in [1.29, 1.82) is 0 Å². The van der Waals surface area contributed by atoms with Crippen molar-refractivity contribution in [1.82, 2.24) is 10.2 Å². The summed E-state index contributed by atoms with van der Waals surface area (Å²) < 4.78 is 0.751. The monoisotopic (exact) mass is 316 g/mol. The summed E-state index contributed by atoms with van der Waals surface area (Å²) in [5.41, 5.74) is 0.670. The normalized spacial score (nSPS) is 20.4. The first kappa shape index (κ1) is 12.9. The van der Waals surface area contributed by atoms with Gasteiger partial charge in [0.05, 0.1) is 5.56 Å². The standard InChI is InChI=1S/C12H14BrClN2O/c1-8-7-15-4-5-16(8)12(17)10-3-2-9(14)6-11(10)13/h2-3,6,8,15H,4-5,7H2,1H3/t8-/m1/s1. The maximum absolute atomic E-state index is 12.4. The fourth-order valence-corrected chi connectivity index (χ4v) is 2.81. The minimum absolute atomic E-state index is 0.0579. The molecule has 1 N–H and O–H groups in total. The number of nitrogens with zero attached hydrogens (tertiary/aromatic N) is 1. The smallest absolute Gasteiger partial charge is 0.255 e. The third-order valence-corrected chi connectivity index (χ3v) is 3.81. The molecule has 0 unspecified atom stereocenters. The summed E-state index contributed by atoms with van der Waals surface area (Å²) in [5.74, 6) is 0.0579. The molecule has 1 fully saturated rings. The molecule has 0 aliphatic carbocycles. The molecule has 92 valence electrons. The quantitative estimate of drug-likeness (QED) is 0.863. The largest absolute Gasteiger partial charge is 0.333 e. The molecule has 1 atom stereocenters. The van der Waals surface area contributed by atoms with Crippen molar-refractivity contribution in [2.24, 2.45) is 0 Å². The Morgan fingerprint density at radius 2 is 2.35 bits per heavy atom. The average molecular weight is 318 g/mol. The first-order valence-corrected chi connectivity index (χ1v) is 6.73. The molecule has 1 saturated heterocycles. The van der Waals surface area contributed by atoms with Gasteiger partial charge in [-0.3, -0.25) is 4.79 Å². The molecule has 0 radical (unpaired) electrons. The van der Waals surface area contributed by atoms with Crippen LogP contribution in [-0.2, 0) is 0 Å². The Morgan fingerprint density at radius 1 is 1.59 bits per heavy atom. The lowest BCUT2D eigenvalue weighted by Gasteiger charge is -2.34. The maximum Gasteiger partial charge on any atom is 0.255 e. The number of hydrogen-bond donors (Lipinski definition) is 1. The van der Waals surface area contributed by atoms with E-state index in [-0.39, 0.29) is 11.9 Å². The van der Waals surface area contributed by atoms with Crippen molar-refractivity contribution in [2.45, 2.75) is 13.0 Å². The molecule has 2 rings (SSSR count). The molecule has 0 bridgehead atoms. The number of benzene rings is 1. The van der Waals surface area contributed by atoms with E-state index in [0.29, 0.717) is 10.6 Å². The van der Waals surface area contributed by atoms with Crippen LogP contribution < -0.4 is 5.32 Å². The molecule has 0 aromatic heterocycles. The molecule has 3 nitrogen and oxygen atoms in total. The second-order valence-electron chi connectivity index (χ2n) is 4.18. The maximum atomic E-state index is 12.4. The molecule has 1 amide bonds. The van der Waals surface area contributed by atoms with Crippen LogP contribution in [-0.4, -0.2) is 36.5 Å². The number of amides is 1. The van der Waals surface area contributed by atoms with Crippen molar-refractivity contribution in [3.63, 3.8) is 0 Å². The van der Waals surface area contributed by atoms with Crippen molar-refractivity contribution < 1.29 is 4.79 Å². The number of rotatable bonds is 1. The van der Waals surface area contributed by atoms with E-state index in [1.54, 1.807) is 18.2 Å². The number of hydrogen-bond acceptors (Lipinski definition) is 2. The third-order valence-electron chi connectivity index (χ3n) is 2.92. The van der Waals surface area contributed by atoms with Crippen LogP contribution in [0.1, 0.15) is 17.3 Å². The van der Waals surface area contributed by atoms with Gasteiger partial charge in [-0.1, -0.05) is 11.6 Å². The van der Waals surface area contributed by atoms with E-state index in [9.17, 15) is 4.79 Å². The summed E-state index contributed by atoms with van der Waals surface area (Å²) in [7, 11) is 0. The van der Waals surface area contributed by atoms with E-state index in [1.807, 2.05) is 11.8 Å². The Balaban J connectivity index is 2.24. The van der Waals surface area contributed by atoms with Gasteiger partial charge in [-0.2, -0.15) is 0 Å². The summed E-state index contributed by atoms with van der Waals surface area (Å²) in [5, 5.41) is 3.89. The number of piperazine rings is 1. The number of carbonyl (C=O) groups is 1. The number of halogens is 2. The predicted octanol–water partition coefficient (Wildman–Crippen LogP) is 2.54. The van der Waals surface area contributed by atoms with Gasteiger partial charge in [-0.15, -0.1) is 0 Å². The zero-order valence-corrected chi connectivity index (χ0v) is 11.9. The summed E-state index contributed by atoms with van der Waals surface area (Å²) >= 11 is 9.26. The Kier molecular flexibility index (Phi) is 4.07. The van der Waals surface area contributed by atoms with Gasteiger partial charge in [0.25, 0.3) is 5.91 Å². The first-order valence-electron chi connectivity index (χ1n) is 5.56. The van der Waals surface area contributed by atoms with Crippen molar-refractivity contribution in [3.8, 4) is 0 Å². The highest BCUT2D eigenvalue weighted by atomic mass is 79.9. The van der Waals surface area contributed by atoms with Gasteiger partial charge in [0.1, 0.15) is 0 Å². The fourth-order valence-electron chi connectivity index (χ4n) is 1.96. The van der Waals surface area contributed by atoms with Crippen LogP contribution in [0.3, 0.4) is 0 Å². The minimum Gasteiger partial charge on any atom is -0.333 e. The Bertz CT molecular complexity index is 439. The van der Waals surface area contributed by atoms with Crippen molar-refractivity contribution >= 4 is 33.4 Å². The van der Waals surface area contributed by atoms with Gasteiger partial charge < -0.3 is 10.2 Å². The van der Waals surface area contributed by atoms with Crippen LogP contribution in [0, 0.1) is 0 Å². The molecular weight excluding hydrogens is 304 g/mol. The molecular formula is C12H14BrClN2O. The molecule has 0 spiro atoms. The zero-order chi connectivity index (χ0) is 12.4. The van der Waals surface area contributed by atoms with Crippen molar-refractivity contribution in [2.75, 3.05) is 19.6 Å². The van der Waals surface area contributed by atoms with Crippen LogP contribution in [0.5, 0.6) is 0 Å². The SMILES string of the molecule is C[C@@H]1CNCCN1C(=O)c1ccc(Cl)cc1Br. The zero-order valence-electron chi connectivity index (χ0n) is 9.54. The number of carbonyl (C=O) groups excluding carboxylic acids is 1. The lowest BCUT2D eigenvalue weighted by molar-refractivity contribution is 0.0655. The molecule has 1 aromatic rings. The van der Waals surface area contributed by atoms with Gasteiger partial charge in [0.2, 0.25) is 0 Å².